The zero-order valence-electron chi connectivity index (χ0n) is 16.0. The molecule has 2 aromatic rings. The maximum atomic E-state index is 12.6. The van der Waals surface area contributed by atoms with Gasteiger partial charge in [-0.3, -0.25) is 14.4 Å². The summed E-state index contributed by atoms with van der Waals surface area (Å²) in [5.41, 5.74) is 3.72. The Labute approximate surface area is 149 Å². The zero-order chi connectivity index (χ0) is 18.6. The fourth-order valence-corrected chi connectivity index (χ4v) is 2.66. The van der Waals surface area contributed by atoms with Gasteiger partial charge in [0.15, 0.2) is 0 Å². The van der Waals surface area contributed by atoms with E-state index in [1.54, 1.807) is 4.68 Å². The molecule has 0 fully saturated rings. The number of rotatable bonds is 7. The maximum absolute atomic E-state index is 12.6. The van der Waals surface area contributed by atoms with Crippen molar-refractivity contribution in [3.8, 4) is 5.75 Å². The van der Waals surface area contributed by atoms with Gasteiger partial charge in [-0.15, -0.1) is 0 Å². The molecular weight excluding hydrogens is 316 g/mol. The molecule has 6 heteroatoms. The molecule has 1 aromatic heterocycles. The Hall–Kier alpha value is -2.34. The molecule has 1 heterocycles. The number of likely N-dealkylation sites (N-methyl/N-ethyl adjacent to an activating group) is 1. The van der Waals surface area contributed by atoms with Crippen molar-refractivity contribution in [2.24, 2.45) is 7.05 Å². The molecule has 0 aliphatic rings. The molecule has 1 N–H and O–H groups in total. The van der Waals surface area contributed by atoms with Gasteiger partial charge in [0.1, 0.15) is 5.75 Å². The van der Waals surface area contributed by atoms with E-state index in [1.807, 2.05) is 71.0 Å². The standard InChI is InChI=1S/C19H28N4O2/c1-7-25-17-10-8-16(9-11-17)12-22(5)15(4)19(24)20-18-13(2)21-23(6)14(18)3/h8-11,15H,7,12H2,1-6H3,(H,20,24). The Balaban J connectivity index is 1.98. The molecule has 1 aromatic carbocycles. The molecule has 2 rings (SSSR count). The SMILES string of the molecule is CCOc1ccc(CN(C)C(C)C(=O)Nc2c(C)nn(C)c2C)cc1. The van der Waals surface area contributed by atoms with Crippen molar-refractivity contribution in [1.82, 2.24) is 14.7 Å². The van der Waals surface area contributed by atoms with Gasteiger partial charge < -0.3 is 10.1 Å². The van der Waals surface area contributed by atoms with Crippen LogP contribution in [-0.4, -0.2) is 40.3 Å². The number of aryl methyl sites for hydroxylation is 2. The summed E-state index contributed by atoms with van der Waals surface area (Å²) in [5.74, 6) is 0.829. The Morgan fingerprint density at radius 2 is 1.96 bits per heavy atom. The lowest BCUT2D eigenvalue weighted by atomic mass is 10.1. The van der Waals surface area contributed by atoms with Crippen LogP contribution in [0.3, 0.4) is 0 Å². The lowest BCUT2D eigenvalue weighted by Gasteiger charge is -2.24. The average molecular weight is 344 g/mol. The number of aromatic nitrogens is 2. The summed E-state index contributed by atoms with van der Waals surface area (Å²) < 4.78 is 7.23. The second-order valence-corrected chi connectivity index (χ2v) is 6.33. The maximum Gasteiger partial charge on any atom is 0.241 e. The first kappa shape index (κ1) is 19.0. The van der Waals surface area contributed by atoms with Crippen LogP contribution in [0.1, 0.15) is 30.8 Å². The number of benzene rings is 1. The second kappa shape index (κ2) is 8.16. The topological polar surface area (TPSA) is 59.4 Å². The van der Waals surface area contributed by atoms with Crippen LogP contribution >= 0.6 is 0 Å². The third kappa shape index (κ3) is 4.60. The number of nitrogens with one attached hydrogen (secondary N) is 1. The fraction of sp³-hybridized carbons (Fsp3) is 0.474. The number of nitrogens with zero attached hydrogens (tertiary/aromatic N) is 3. The number of ether oxygens (including phenoxy) is 1. The minimum Gasteiger partial charge on any atom is -0.494 e. The minimum atomic E-state index is -0.259. The van der Waals surface area contributed by atoms with E-state index < -0.39 is 0 Å². The van der Waals surface area contributed by atoms with Gasteiger partial charge in [0.25, 0.3) is 0 Å². The van der Waals surface area contributed by atoms with Crippen LogP contribution in [0.5, 0.6) is 5.75 Å². The number of carbonyl (C=O) groups excluding carboxylic acids is 1. The van der Waals surface area contributed by atoms with Crippen LogP contribution in [0.4, 0.5) is 5.69 Å². The third-order valence-corrected chi connectivity index (χ3v) is 4.46. The Morgan fingerprint density at radius 1 is 1.32 bits per heavy atom. The lowest BCUT2D eigenvalue weighted by molar-refractivity contribution is -0.120. The quantitative estimate of drug-likeness (QED) is 0.839. The van der Waals surface area contributed by atoms with Gasteiger partial charge in [-0.1, -0.05) is 12.1 Å². The van der Waals surface area contributed by atoms with Crippen molar-refractivity contribution >= 4 is 11.6 Å². The second-order valence-electron chi connectivity index (χ2n) is 6.33. The molecule has 0 aliphatic carbocycles. The summed E-state index contributed by atoms with van der Waals surface area (Å²) in [5, 5.41) is 7.34. The largest absolute Gasteiger partial charge is 0.494 e. The summed E-state index contributed by atoms with van der Waals surface area (Å²) in [7, 11) is 3.82. The van der Waals surface area contributed by atoms with Crippen LogP contribution in [-0.2, 0) is 18.4 Å². The molecule has 136 valence electrons. The highest BCUT2D eigenvalue weighted by Crippen LogP contribution is 2.19. The highest BCUT2D eigenvalue weighted by molar-refractivity contribution is 5.95. The van der Waals surface area contributed by atoms with Gasteiger partial charge >= 0.3 is 0 Å². The summed E-state index contributed by atoms with van der Waals surface area (Å²) >= 11 is 0. The Bertz CT molecular complexity index is 722. The van der Waals surface area contributed by atoms with E-state index in [-0.39, 0.29) is 11.9 Å². The molecule has 1 unspecified atom stereocenters. The van der Waals surface area contributed by atoms with Gasteiger partial charge in [0.05, 0.1) is 29.7 Å². The van der Waals surface area contributed by atoms with Crippen LogP contribution in [0.2, 0.25) is 0 Å². The number of hydrogen-bond acceptors (Lipinski definition) is 4. The van der Waals surface area contributed by atoms with E-state index in [4.69, 9.17) is 4.74 Å². The predicted molar refractivity (Wildman–Crippen MR) is 99.9 cm³/mol. The summed E-state index contributed by atoms with van der Waals surface area (Å²) in [6, 6.07) is 7.72. The Morgan fingerprint density at radius 3 is 2.48 bits per heavy atom. The molecule has 0 saturated heterocycles. The van der Waals surface area contributed by atoms with Gasteiger partial charge in [-0.25, -0.2) is 0 Å². The van der Waals surface area contributed by atoms with Crippen LogP contribution in [0.25, 0.3) is 0 Å². The average Bonchev–Trinajstić information content (AvgIpc) is 2.82. The number of anilines is 1. The van der Waals surface area contributed by atoms with E-state index in [0.29, 0.717) is 13.2 Å². The molecule has 1 atom stereocenters. The van der Waals surface area contributed by atoms with E-state index in [1.165, 1.54) is 0 Å². The normalized spacial score (nSPS) is 12.3. The van der Waals surface area contributed by atoms with Crippen molar-refractivity contribution in [3.05, 3.63) is 41.2 Å². The van der Waals surface area contributed by atoms with E-state index in [9.17, 15) is 4.79 Å². The van der Waals surface area contributed by atoms with Gasteiger partial charge in [0.2, 0.25) is 5.91 Å². The highest BCUT2D eigenvalue weighted by atomic mass is 16.5. The number of hydrogen-bond donors (Lipinski definition) is 1. The molecule has 6 nitrogen and oxygen atoms in total. The number of amides is 1. The molecule has 0 spiro atoms. The Kier molecular flexibility index (Phi) is 6.20. The first-order valence-corrected chi connectivity index (χ1v) is 8.56. The van der Waals surface area contributed by atoms with Crippen LogP contribution < -0.4 is 10.1 Å². The smallest absolute Gasteiger partial charge is 0.241 e. The third-order valence-electron chi connectivity index (χ3n) is 4.46. The first-order valence-electron chi connectivity index (χ1n) is 8.56. The molecule has 0 radical (unpaired) electrons. The minimum absolute atomic E-state index is 0.0346. The molecule has 0 bridgehead atoms. The first-order chi connectivity index (χ1) is 11.8. The summed E-state index contributed by atoms with van der Waals surface area (Å²) in [6.45, 7) is 9.06. The van der Waals surface area contributed by atoms with Crippen LogP contribution in [0.15, 0.2) is 24.3 Å². The molecule has 0 aliphatic heterocycles. The number of carbonyl (C=O) groups is 1. The summed E-state index contributed by atoms with van der Waals surface area (Å²) in [4.78, 5) is 14.6. The van der Waals surface area contributed by atoms with E-state index in [0.717, 1.165) is 28.4 Å². The molecule has 1 amide bonds. The van der Waals surface area contributed by atoms with Gasteiger partial charge in [0, 0.05) is 13.6 Å². The molecule has 0 saturated carbocycles. The van der Waals surface area contributed by atoms with E-state index >= 15 is 0 Å². The van der Waals surface area contributed by atoms with Gasteiger partial charge in [-0.05, 0) is 52.4 Å². The van der Waals surface area contributed by atoms with Crippen molar-refractivity contribution in [3.63, 3.8) is 0 Å². The lowest BCUT2D eigenvalue weighted by Crippen LogP contribution is -2.39. The fourth-order valence-electron chi connectivity index (χ4n) is 2.66. The van der Waals surface area contributed by atoms with Crippen molar-refractivity contribution in [1.29, 1.82) is 0 Å². The molecular formula is C19H28N4O2. The van der Waals surface area contributed by atoms with E-state index in [2.05, 4.69) is 10.4 Å². The summed E-state index contributed by atoms with van der Waals surface area (Å²) in [6.07, 6.45) is 0. The molecule has 25 heavy (non-hydrogen) atoms. The van der Waals surface area contributed by atoms with Crippen molar-refractivity contribution in [2.75, 3.05) is 19.0 Å². The monoisotopic (exact) mass is 344 g/mol. The van der Waals surface area contributed by atoms with Crippen molar-refractivity contribution < 1.29 is 9.53 Å². The highest BCUT2D eigenvalue weighted by Gasteiger charge is 2.21. The predicted octanol–water partition coefficient (Wildman–Crippen LogP) is 2.89. The zero-order valence-corrected chi connectivity index (χ0v) is 16.0. The van der Waals surface area contributed by atoms with Gasteiger partial charge in [-0.2, -0.15) is 5.10 Å². The van der Waals surface area contributed by atoms with Crippen molar-refractivity contribution in [2.45, 2.75) is 40.3 Å². The van der Waals surface area contributed by atoms with Crippen LogP contribution in [0, 0.1) is 13.8 Å².